The van der Waals surface area contributed by atoms with E-state index in [-0.39, 0.29) is 5.75 Å². The van der Waals surface area contributed by atoms with Gasteiger partial charge in [-0.3, -0.25) is 0 Å². The third-order valence-corrected chi connectivity index (χ3v) is 1.42. The van der Waals surface area contributed by atoms with Crippen molar-refractivity contribution in [2.45, 2.75) is 0 Å². The zero-order chi connectivity index (χ0) is 8.97. The lowest BCUT2D eigenvalue weighted by atomic mass is 10.2. The molecule has 0 spiro atoms. The molecule has 0 bridgehead atoms. The maximum absolute atomic E-state index is 12.7. The van der Waals surface area contributed by atoms with Crippen molar-refractivity contribution in [2.75, 3.05) is 5.75 Å². The van der Waals surface area contributed by atoms with Crippen molar-refractivity contribution in [2.24, 2.45) is 0 Å². The van der Waals surface area contributed by atoms with E-state index in [4.69, 9.17) is 5.11 Å². The molecule has 0 aliphatic rings. The first-order chi connectivity index (χ1) is 5.74. The number of aromatic hydroxyl groups is 1. The van der Waals surface area contributed by atoms with Crippen molar-refractivity contribution < 1.29 is 9.50 Å². The van der Waals surface area contributed by atoms with Gasteiger partial charge < -0.3 is 5.11 Å². The molecule has 1 nitrogen and oxygen atoms in total. The van der Waals surface area contributed by atoms with E-state index in [1.54, 1.807) is 6.07 Å². The van der Waals surface area contributed by atoms with Crippen LogP contribution in [0.5, 0.6) is 5.75 Å². The van der Waals surface area contributed by atoms with E-state index in [2.05, 4.69) is 24.5 Å². The molecule has 0 radical (unpaired) electrons. The number of phenols is 1. The van der Waals surface area contributed by atoms with Gasteiger partial charge in [0.1, 0.15) is 0 Å². The molecule has 0 amide bonds. The summed E-state index contributed by atoms with van der Waals surface area (Å²) in [4.78, 5) is 0. The van der Waals surface area contributed by atoms with Crippen molar-refractivity contribution in [3.63, 3.8) is 0 Å². The number of halogens is 1. The van der Waals surface area contributed by atoms with Gasteiger partial charge >= 0.3 is 0 Å². The van der Waals surface area contributed by atoms with Crippen LogP contribution in [-0.2, 0) is 0 Å². The molecule has 1 aromatic rings. The first kappa shape index (κ1) is 8.95. The Bertz CT molecular complexity index is 338. The summed E-state index contributed by atoms with van der Waals surface area (Å²) in [6.07, 6.45) is 0. The summed E-state index contributed by atoms with van der Waals surface area (Å²) in [5, 5.41) is 8.83. The summed E-state index contributed by atoms with van der Waals surface area (Å²) in [6, 6.07) is 4.01. The second-order valence-corrected chi connectivity index (χ2v) is 2.44. The molecule has 0 aliphatic carbocycles. The van der Waals surface area contributed by atoms with Crippen LogP contribution in [0.3, 0.4) is 0 Å². The molecule has 1 rings (SSSR count). The molecule has 12 heavy (non-hydrogen) atoms. The van der Waals surface area contributed by atoms with E-state index in [1.165, 1.54) is 12.1 Å². The molecule has 0 saturated carbocycles. The van der Waals surface area contributed by atoms with Crippen LogP contribution in [0.15, 0.2) is 18.2 Å². The molecule has 0 fully saturated rings. The zero-order valence-electron chi connectivity index (χ0n) is 6.21. The molecule has 62 valence electrons. The first-order valence-corrected chi connectivity index (χ1v) is 3.95. The third-order valence-electron chi connectivity index (χ3n) is 1.26. The van der Waals surface area contributed by atoms with Gasteiger partial charge in [-0.2, -0.15) is 12.6 Å². The lowest BCUT2D eigenvalue weighted by Crippen LogP contribution is -1.79. The molecular formula is C9H7FOS. The van der Waals surface area contributed by atoms with Gasteiger partial charge in [-0.1, -0.05) is 11.8 Å². The van der Waals surface area contributed by atoms with E-state index in [9.17, 15) is 4.39 Å². The Morgan fingerprint density at radius 3 is 2.83 bits per heavy atom. The van der Waals surface area contributed by atoms with Crippen molar-refractivity contribution in [3.05, 3.63) is 29.6 Å². The first-order valence-electron chi connectivity index (χ1n) is 3.32. The van der Waals surface area contributed by atoms with Gasteiger partial charge in [0, 0.05) is 5.56 Å². The van der Waals surface area contributed by atoms with E-state index in [0.717, 1.165) is 0 Å². The molecule has 1 aromatic carbocycles. The number of hydrogen-bond acceptors (Lipinski definition) is 2. The Balaban J connectivity index is 2.97. The van der Waals surface area contributed by atoms with Crippen LogP contribution in [0.1, 0.15) is 5.56 Å². The maximum atomic E-state index is 12.7. The average molecular weight is 182 g/mol. The van der Waals surface area contributed by atoms with Gasteiger partial charge in [-0.05, 0) is 18.2 Å². The minimum atomic E-state index is -0.652. The van der Waals surface area contributed by atoms with Gasteiger partial charge in [-0.15, -0.1) is 0 Å². The molecular weight excluding hydrogens is 175 g/mol. The fourth-order valence-electron chi connectivity index (χ4n) is 0.726. The third kappa shape index (κ3) is 2.18. The number of benzene rings is 1. The smallest absolute Gasteiger partial charge is 0.166 e. The standard InChI is InChI=1S/C9H7FOS/c10-8-6-7(2-1-5-12)3-4-9(8)11/h3-4,6,11-12H,5H2. The fraction of sp³-hybridized carbons (Fsp3) is 0.111. The fourth-order valence-corrected chi connectivity index (χ4v) is 0.805. The Hall–Kier alpha value is -1.14. The number of phenolic OH excluding ortho intramolecular Hbond substituents is 1. The van der Waals surface area contributed by atoms with Gasteiger partial charge in [-0.25, -0.2) is 4.39 Å². The van der Waals surface area contributed by atoms with Crippen LogP contribution in [0.4, 0.5) is 4.39 Å². The Labute approximate surface area is 75.6 Å². The monoisotopic (exact) mass is 182 g/mol. The van der Waals surface area contributed by atoms with Crippen LogP contribution in [0.2, 0.25) is 0 Å². The summed E-state index contributed by atoms with van der Waals surface area (Å²) < 4.78 is 12.7. The summed E-state index contributed by atoms with van der Waals surface area (Å²) in [6.45, 7) is 0. The molecule has 0 heterocycles. The highest BCUT2D eigenvalue weighted by Crippen LogP contribution is 2.15. The lowest BCUT2D eigenvalue weighted by molar-refractivity contribution is 0.432. The number of thiol groups is 1. The minimum absolute atomic E-state index is 0.355. The molecule has 3 heteroatoms. The van der Waals surface area contributed by atoms with Gasteiger partial charge in [0.2, 0.25) is 0 Å². The van der Waals surface area contributed by atoms with Crippen molar-refractivity contribution in [1.82, 2.24) is 0 Å². The van der Waals surface area contributed by atoms with Crippen LogP contribution < -0.4 is 0 Å². The normalized spacial score (nSPS) is 8.83. The second-order valence-electron chi connectivity index (χ2n) is 2.13. The highest BCUT2D eigenvalue weighted by Gasteiger charge is 1.98. The minimum Gasteiger partial charge on any atom is -0.505 e. The number of hydrogen-bond donors (Lipinski definition) is 2. The molecule has 0 atom stereocenters. The largest absolute Gasteiger partial charge is 0.505 e. The molecule has 0 aromatic heterocycles. The van der Waals surface area contributed by atoms with E-state index >= 15 is 0 Å². The zero-order valence-corrected chi connectivity index (χ0v) is 7.11. The Morgan fingerprint density at radius 2 is 2.25 bits per heavy atom. The second kappa shape index (κ2) is 4.03. The van der Waals surface area contributed by atoms with Gasteiger partial charge in [0.05, 0.1) is 5.75 Å². The summed E-state index contributed by atoms with van der Waals surface area (Å²) in [5.41, 5.74) is 0.541. The molecule has 0 unspecified atom stereocenters. The summed E-state index contributed by atoms with van der Waals surface area (Å²) in [7, 11) is 0. The van der Waals surface area contributed by atoms with Crippen molar-refractivity contribution in [1.29, 1.82) is 0 Å². The van der Waals surface area contributed by atoms with Gasteiger partial charge in [0.15, 0.2) is 11.6 Å². The summed E-state index contributed by atoms with van der Waals surface area (Å²) in [5.74, 6) is 4.79. The van der Waals surface area contributed by atoms with E-state index < -0.39 is 5.82 Å². The maximum Gasteiger partial charge on any atom is 0.166 e. The SMILES string of the molecule is Oc1ccc(C#CCS)cc1F. The predicted molar refractivity (Wildman–Crippen MR) is 48.8 cm³/mol. The van der Waals surface area contributed by atoms with Crippen LogP contribution >= 0.6 is 12.6 Å². The quantitative estimate of drug-likeness (QED) is 0.463. The predicted octanol–water partition coefficient (Wildman–Crippen LogP) is 1.81. The highest BCUT2D eigenvalue weighted by molar-refractivity contribution is 7.80. The molecule has 0 saturated heterocycles. The van der Waals surface area contributed by atoms with Crippen molar-refractivity contribution in [3.8, 4) is 17.6 Å². The highest BCUT2D eigenvalue weighted by atomic mass is 32.1. The van der Waals surface area contributed by atoms with Crippen LogP contribution in [0.25, 0.3) is 0 Å². The van der Waals surface area contributed by atoms with Gasteiger partial charge in [0.25, 0.3) is 0 Å². The van der Waals surface area contributed by atoms with Crippen LogP contribution in [-0.4, -0.2) is 10.9 Å². The van der Waals surface area contributed by atoms with E-state index in [0.29, 0.717) is 11.3 Å². The van der Waals surface area contributed by atoms with E-state index in [1.807, 2.05) is 0 Å². The Morgan fingerprint density at radius 1 is 1.50 bits per heavy atom. The number of rotatable bonds is 0. The molecule has 0 aliphatic heterocycles. The Kier molecular flexibility index (Phi) is 3.01. The lowest BCUT2D eigenvalue weighted by Gasteiger charge is -1.93. The topological polar surface area (TPSA) is 20.2 Å². The molecule has 1 N–H and O–H groups in total. The summed E-state index contributed by atoms with van der Waals surface area (Å²) >= 11 is 3.88. The van der Waals surface area contributed by atoms with Crippen molar-refractivity contribution >= 4 is 12.6 Å². The van der Waals surface area contributed by atoms with Crippen LogP contribution in [0, 0.1) is 17.7 Å². The average Bonchev–Trinajstić information content (AvgIpc) is 2.07.